The number of aromatic nitrogens is 2. The summed E-state index contributed by atoms with van der Waals surface area (Å²) in [6.07, 6.45) is 2.62. The van der Waals surface area contributed by atoms with Gasteiger partial charge in [0.15, 0.2) is 4.34 Å². The summed E-state index contributed by atoms with van der Waals surface area (Å²) in [6, 6.07) is 8.31. The Morgan fingerprint density at radius 2 is 2.12 bits per heavy atom. The Morgan fingerprint density at radius 1 is 1.38 bits per heavy atom. The zero-order valence-electron chi connectivity index (χ0n) is 13.9. The lowest BCUT2D eigenvalue weighted by Gasteiger charge is -2.17. The van der Waals surface area contributed by atoms with E-state index in [1.165, 1.54) is 28.7 Å². The normalized spacial score (nSPS) is 11.8. The second kappa shape index (κ2) is 9.44. The minimum atomic E-state index is 0.00299. The summed E-state index contributed by atoms with van der Waals surface area (Å²) in [5, 5.41) is 15.0. The molecule has 0 saturated carbocycles. The number of nitrogens with zero attached hydrogens (tertiary/aromatic N) is 2. The van der Waals surface area contributed by atoms with Crippen LogP contribution in [-0.2, 0) is 4.79 Å². The van der Waals surface area contributed by atoms with Gasteiger partial charge in [-0.15, -0.1) is 16.8 Å². The highest BCUT2D eigenvalue weighted by molar-refractivity contribution is 8.01. The number of hydrogen-bond acceptors (Lipinski definition) is 6. The fourth-order valence-electron chi connectivity index (χ4n) is 2.08. The molecule has 2 rings (SSSR count). The van der Waals surface area contributed by atoms with Crippen molar-refractivity contribution in [3.05, 3.63) is 48.0 Å². The zero-order valence-corrected chi connectivity index (χ0v) is 15.5. The van der Waals surface area contributed by atoms with E-state index in [4.69, 9.17) is 0 Å². The van der Waals surface area contributed by atoms with Crippen molar-refractivity contribution in [3.63, 3.8) is 0 Å². The molecule has 1 heterocycles. The third-order valence-corrected chi connectivity index (χ3v) is 5.37. The number of nitrogens with one attached hydrogen (secondary N) is 2. The topological polar surface area (TPSA) is 66.9 Å². The molecule has 128 valence electrons. The van der Waals surface area contributed by atoms with Gasteiger partial charge in [0, 0.05) is 6.54 Å². The minimum absolute atomic E-state index is 0.00299. The molecule has 0 spiro atoms. The van der Waals surface area contributed by atoms with E-state index in [9.17, 15) is 4.79 Å². The first kappa shape index (κ1) is 18.5. The van der Waals surface area contributed by atoms with Crippen LogP contribution in [0.25, 0.3) is 0 Å². The summed E-state index contributed by atoms with van der Waals surface area (Å²) in [5.74, 6) is 0.335. The number of carbonyl (C=O) groups excluding carboxylic acids is 1. The summed E-state index contributed by atoms with van der Waals surface area (Å²) >= 11 is 2.84. The molecule has 0 saturated heterocycles. The highest BCUT2D eigenvalue weighted by Crippen LogP contribution is 2.25. The monoisotopic (exact) mass is 362 g/mol. The molecule has 0 aliphatic carbocycles. The maximum atomic E-state index is 12.2. The summed E-state index contributed by atoms with van der Waals surface area (Å²) in [4.78, 5) is 12.2. The van der Waals surface area contributed by atoms with Gasteiger partial charge in [-0.1, -0.05) is 65.9 Å². The number of hydrogen-bond donors (Lipinski definition) is 2. The van der Waals surface area contributed by atoms with E-state index < -0.39 is 0 Å². The second-order valence-corrected chi connectivity index (χ2v) is 7.47. The van der Waals surface area contributed by atoms with Crippen LogP contribution in [0.5, 0.6) is 0 Å². The highest BCUT2D eigenvalue weighted by Gasteiger charge is 2.14. The van der Waals surface area contributed by atoms with E-state index in [0.717, 1.165) is 21.5 Å². The number of anilines is 1. The van der Waals surface area contributed by atoms with Crippen LogP contribution in [0.2, 0.25) is 0 Å². The Labute approximate surface area is 151 Å². The molecule has 0 aliphatic rings. The predicted octanol–water partition coefficient (Wildman–Crippen LogP) is 3.80. The lowest BCUT2D eigenvalue weighted by molar-refractivity contribution is -0.119. The summed E-state index contributed by atoms with van der Waals surface area (Å²) < 4.78 is 0.778. The maximum Gasteiger partial charge on any atom is 0.230 e. The molecular formula is C17H22N4OS2. The van der Waals surface area contributed by atoms with Gasteiger partial charge in [0.05, 0.1) is 11.8 Å². The van der Waals surface area contributed by atoms with Crippen molar-refractivity contribution in [2.75, 3.05) is 17.6 Å². The van der Waals surface area contributed by atoms with Crippen molar-refractivity contribution in [2.45, 2.75) is 30.6 Å². The van der Waals surface area contributed by atoms with Crippen molar-refractivity contribution in [2.24, 2.45) is 0 Å². The van der Waals surface area contributed by atoms with Crippen molar-refractivity contribution in [3.8, 4) is 0 Å². The number of amides is 1. The standard InChI is InChI=1S/C17H22N4OS2/c1-4-10-18-16-20-21-17(24-16)23-11-15(22)19-14(5-2)13-8-6-12(3)7-9-13/h4,6-9,14H,1,5,10-11H2,2-3H3,(H,18,20)(H,19,22)/t14-/m0/s1. The van der Waals surface area contributed by atoms with Crippen LogP contribution in [0.3, 0.4) is 0 Å². The largest absolute Gasteiger partial charge is 0.357 e. The first-order valence-electron chi connectivity index (χ1n) is 7.79. The Kier molecular flexibility index (Phi) is 7.27. The number of thioether (sulfide) groups is 1. The first-order chi connectivity index (χ1) is 11.6. The lowest BCUT2D eigenvalue weighted by Crippen LogP contribution is -2.29. The van der Waals surface area contributed by atoms with Gasteiger partial charge < -0.3 is 10.6 Å². The Hall–Kier alpha value is -1.86. The number of benzene rings is 1. The third-order valence-electron chi connectivity index (χ3n) is 3.35. The fourth-order valence-corrected chi connectivity index (χ4v) is 3.65. The van der Waals surface area contributed by atoms with Gasteiger partial charge in [-0.3, -0.25) is 4.79 Å². The van der Waals surface area contributed by atoms with Crippen LogP contribution in [-0.4, -0.2) is 28.4 Å². The third kappa shape index (κ3) is 5.65. The van der Waals surface area contributed by atoms with Crippen molar-refractivity contribution >= 4 is 34.1 Å². The maximum absolute atomic E-state index is 12.2. The molecule has 0 aliphatic heterocycles. The van der Waals surface area contributed by atoms with E-state index in [1.807, 2.05) is 0 Å². The molecule has 2 N–H and O–H groups in total. The van der Waals surface area contributed by atoms with E-state index >= 15 is 0 Å². The minimum Gasteiger partial charge on any atom is -0.357 e. The molecule has 5 nitrogen and oxygen atoms in total. The molecule has 1 aromatic carbocycles. The van der Waals surface area contributed by atoms with E-state index in [-0.39, 0.29) is 11.9 Å². The number of aryl methyl sites for hydroxylation is 1. The lowest BCUT2D eigenvalue weighted by atomic mass is 10.0. The zero-order chi connectivity index (χ0) is 17.4. The highest BCUT2D eigenvalue weighted by atomic mass is 32.2. The van der Waals surface area contributed by atoms with Gasteiger partial charge in [-0.25, -0.2) is 0 Å². The summed E-state index contributed by atoms with van der Waals surface area (Å²) in [7, 11) is 0. The smallest absolute Gasteiger partial charge is 0.230 e. The second-order valence-electron chi connectivity index (χ2n) is 5.27. The van der Waals surface area contributed by atoms with Crippen LogP contribution in [0, 0.1) is 6.92 Å². The predicted molar refractivity (Wildman–Crippen MR) is 102 cm³/mol. The van der Waals surface area contributed by atoms with Gasteiger partial charge in [-0.05, 0) is 18.9 Å². The Bertz CT molecular complexity index is 669. The van der Waals surface area contributed by atoms with Crippen LogP contribution in [0.4, 0.5) is 5.13 Å². The molecule has 1 atom stereocenters. The van der Waals surface area contributed by atoms with Gasteiger partial charge >= 0.3 is 0 Å². The first-order valence-corrected chi connectivity index (χ1v) is 9.59. The van der Waals surface area contributed by atoms with E-state index in [0.29, 0.717) is 12.3 Å². The van der Waals surface area contributed by atoms with E-state index in [2.05, 4.69) is 65.5 Å². The molecule has 0 radical (unpaired) electrons. The van der Waals surface area contributed by atoms with Crippen molar-refractivity contribution in [1.29, 1.82) is 0 Å². The van der Waals surface area contributed by atoms with Gasteiger partial charge in [-0.2, -0.15) is 0 Å². The van der Waals surface area contributed by atoms with Gasteiger partial charge in [0.1, 0.15) is 0 Å². The molecular weight excluding hydrogens is 340 g/mol. The Morgan fingerprint density at radius 3 is 2.79 bits per heavy atom. The average Bonchev–Trinajstić information content (AvgIpc) is 3.05. The molecule has 24 heavy (non-hydrogen) atoms. The van der Waals surface area contributed by atoms with Gasteiger partial charge in [0.2, 0.25) is 11.0 Å². The molecule has 0 unspecified atom stereocenters. The van der Waals surface area contributed by atoms with E-state index in [1.54, 1.807) is 6.08 Å². The molecule has 0 bridgehead atoms. The number of rotatable bonds is 9. The molecule has 1 aromatic heterocycles. The summed E-state index contributed by atoms with van der Waals surface area (Å²) in [5.41, 5.74) is 2.35. The molecule has 1 amide bonds. The average molecular weight is 363 g/mol. The molecule has 2 aromatic rings. The van der Waals surface area contributed by atoms with Crippen LogP contribution < -0.4 is 10.6 Å². The van der Waals surface area contributed by atoms with Crippen LogP contribution >= 0.6 is 23.1 Å². The SMILES string of the molecule is C=CCNc1nnc(SCC(=O)N[C@@H](CC)c2ccc(C)cc2)s1. The number of carbonyl (C=O) groups is 1. The van der Waals surface area contributed by atoms with Crippen molar-refractivity contribution in [1.82, 2.24) is 15.5 Å². The molecule has 7 heteroatoms. The molecule has 0 fully saturated rings. The van der Waals surface area contributed by atoms with Crippen molar-refractivity contribution < 1.29 is 4.79 Å². The van der Waals surface area contributed by atoms with Gasteiger partial charge in [0.25, 0.3) is 0 Å². The quantitative estimate of drug-likeness (QED) is 0.524. The Balaban J connectivity index is 1.84. The van der Waals surface area contributed by atoms with Crippen LogP contribution in [0.1, 0.15) is 30.5 Å². The van der Waals surface area contributed by atoms with Crippen LogP contribution in [0.15, 0.2) is 41.3 Å². The summed E-state index contributed by atoms with van der Waals surface area (Å²) in [6.45, 7) is 8.42. The fraction of sp³-hybridized carbons (Fsp3) is 0.353.